The molecule has 0 aromatic heterocycles. The van der Waals surface area contributed by atoms with Gasteiger partial charge in [0.2, 0.25) is 0 Å². The highest BCUT2D eigenvalue weighted by molar-refractivity contribution is 8.00. The van der Waals surface area contributed by atoms with Gasteiger partial charge in [-0.1, -0.05) is 0 Å². The van der Waals surface area contributed by atoms with Crippen molar-refractivity contribution in [1.29, 1.82) is 0 Å². The normalized spacial score (nSPS) is 55.3. The van der Waals surface area contributed by atoms with Crippen LogP contribution in [-0.4, -0.2) is 47.6 Å². The van der Waals surface area contributed by atoms with Crippen molar-refractivity contribution in [3.05, 3.63) is 0 Å². The molecule has 2 nitrogen and oxygen atoms in total. The summed E-state index contributed by atoms with van der Waals surface area (Å²) in [6, 6.07) is 1.84. The molecule has 0 spiro atoms. The Morgan fingerprint density at radius 1 is 1.36 bits per heavy atom. The number of thioether (sulfide) groups is 1. The van der Waals surface area contributed by atoms with Crippen molar-refractivity contribution < 1.29 is 0 Å². The van der Waals surface area contributed by atoms with E-state index in [1.807, 2.05) is 0 Å². The molecule has 5 fully saturated rings. The summed E-state index contributed by atoms with van der Waals surface area (Å²) in [4.78, 5) is 2.79. The van der Waals surface area contributed by atoms with Gasteiger partial charge in [0.15, 0.2) is 0 Å². The van der Waals surface area contributed by atoms with Gasteiger partial charge >= 0.3 is 0 Å². The van der Waals surface area contributed by atoms with Crippen LogP contribution in [0.1, 0.15) is 12.8 Å². The van der Waals surface area contributed by atoms with Crippen LogP contribution in [0, 0.1) is 11.8 Å². The monoisotopic (exact) mass is 210 g/mol. The number of nitrogens with zero attached hydrogens (tertiary/aromatic N) is 1. The summed E-state index contributed by atoms with van der Waals surface area (Å²) in [6.45, 7) is 4.11. The lowest BCUT2D eigenvalue weighted by Crippen LogP contribution is -2.47. The molecule has 5 rings (SSSR count). The lowest BCUT2D eigenvalue weighted by Gasteiger charge is -2.39. The van der Waals surface area contributed by atoms with Gasteiger partial charge in [-0.3, -0.25) is 4.90 Å². The van der Waals surface area contributed by atoms with E-state index >= 15 is 0 Å². The summed E-state index contributed by atoms with van der Waals surface area (Å²) >= 11 is 2.21. The number of nitrogens with one attached hydrogen (secondary N) is 1. The molecule has 0 aromatic carbocycles. The first-order valence-electron chi connectivity index (χ1n) is 5.99. The minimum absolute atomic E-state index is 0.895. The third kappa shape index (κ3) is 1.06. The molecule has 1 aliphatic carbocycles. The van der Waals surface area contributed by atoms with Crippen LogP contribution in [0.5, 0.6) is 0 Å². The van der Waals surface area contributed by atoms with E-state index in [1.54, 1.807) is 0 Å². The molecule has 1 N–H and O–H groups in total. The fourth-order valence-electron chi connectivity index (χ4n) is 3.83. The lowest BCUT2D eigenvalue weighted by molar-refractivity contribution is 0.128. The van der Waals surface area contributed by atoms with Crippen molar-refractivity contribution in [1.82, 2.24) is 10.2 Å². The quantitative estimate of drug-likeness (QED) is 0.725. The molecule has 5 unspecified atom stereocenters. The van der Waals surface area contributed by atoms with Gasteiger partial charge in [-0.25, -0.2) is 0 Å². The lowest BCUT2D eigenvalue weighted by atomic mass is 9.73. The third-order valence-corrected chi connectivity index (χ3v) is 6.17. The van der Waals surface area contributed by atoms with Crippen molar-refractivity contribution in [2.75, 3.05) is 25.4 Å². The Hall–Kier alpha value is 0.270. The predicted molar refractivity (Wildman–Crippen MR) is 59.6 cm³/mol. The van der Waals surface area contributed by atoms with Crippen molar-refractivity contribution in [2.24, 2.45) is 11.8 Å². The van der Waals surface area contributed by atoms with E-state index in [4.69, 9.17) is 0 Å². The van der Waals surface area contributed by atoms with E-state index in [9.17, 15) is 0 Å². The SMILES string of the molecule is C1NC2CC1C2CN1CC2CC1CS2. The molecule has 4 heterocycles. The molecule has 4 aliphatic heterocycles. The van der Waals surface area contributed by atoms with Gasteiger partial charge < -0.3 is 5.32 Å². The number of rotatable bonds is 2. The van der Waals surface area contributed by atoms with Gasteiger partial charge in [0.25, 0.3) is 0 Å². The largest absolute Gasteiger partial charge is 0.313 e. The predicted octanol–water partition coefficient (Wildman–Crippen LogP) is 0.784. The van der Waals surface area contributed by atoms with Gasteiger partial charge in [0.1, 0.15) is 0 Å². The van der Waals surface area contributed by atoms with E-state index in [-0.39, 0.29) is 0 Å². The van der Waals surface area contributed by atoms with Gasteiger partial charge in [-0.15, -0.1) is 0 Å². The molecule has 5 atom stereocenters. The number of hydrogen-bond acceptors (Lipinski definition) is 3. The Morgan fingerprint density at radius 2 is 2.36 bits per heavy atom. The average molecular weight is 210 g/mol. The zero-order chi connectivity index (χ0) is 9.12. The van der Waals surface area contributed by atoms with E-state index < -0.39 is 0 Å². The Balaban J connectivity index is 1.42. The van der Waals surface area contributed by atoms with Gasteiger partial charge in [-0.2, -0.15) is 11.8 Å². The summed E-state index contributed by atoms with van der Waals surface area (Å²) in [5.41, 5.74) is 0. The van der Waals surface area contributed by atoms with Gasteiger partial charge in [0.05, 0.1) is 0 Å². The Morgan fingerprint density at radius 3 is 2.93 bits per heavy atom. The second-order valence-electron chi connectivity index (χ2n) is 5.47. The molecule has 0 aromatic rings. The first-order chi connectivity index (χ1) is 6.90. The van der Waals surface area contributed by atoms with E-state index in [2.05, 4.69) is 22.0 Å². The van der Waals surface area contributed by atoms with E-state index in [0.29, 0.717) is 0 Å². The van der Waals surface area contributed by atoms with Crippen molar-refractivity contribution in [3.8, 4) is 0 Å². The molecule has 1 saturated carbocycles. The second-order valence-corrected chi connectivity index (χ2v) is 6.81. The molecule has 4 saturated heterocycles. The van der Waals surface area contributed by atoms with Crippen LogP contribution in [0.4, 0.5) is 0 Å². The Labute approximate surface area is 89.8 Å². The fraction of sp³-hybridized carbons (Fsp3) is 1.00. The zero-order valence-corrected chi connectivity index (χ0v) is 9.30. The minimum Gasteiger partial charge on any atom is -0.313 e. The van der Waals surface area contributed by atoms with Crippen LogP contribution in [0.2, 0.25) is 0 Å². The first kappa shape index (κ1) is 8.43. The third-order valence-electron chi connectivity index (χ3n) is 4.78. The van der Waals surface area contributed by atoms with E-state index in [0.717, 1.165) is 29.2 Å². The van der Waals surface area contributed by atoms with Crippen LogP contribution < -0.4 is 5.32 Å². The molecule has 14 heavy (non-hydrogen) atoms. The standard InChI is InChI=1S/C11H18N2S/c1-7-3-12-11(1)10(7)5-13-4-9-2-8(13)6-14-9/h7-12H,1-6H2. The number of fused-ring (bicyclic) bond motifs is 3. The van der Waals surface area contributed by atoms with Crippen molar-refractivity contribution in [3.63, 3.8) is 0 Å². The maximum absolute atomic E-state index is 3.63. The molecule has 0 amide bonds. The second kappa shape index (κ2) is 2.89. The first-order valence-corrected chi connectivity index (χ1v) is 7.04. The van der Waals surface area contributed by atoms with Crippen LogP contribution in [0.3, 0.4) is 0 Å². The molecule has 0 radical (unpaired) electrons. The van der Waals surface area contributed by atoms with Crippen LogP contribution in [-0.2, 0) is 0 Å². The van der Waals surface area contributed by atoms with Crippen molar-refractivity contribution >= 4 is 11.8 Å². The Bertz CT molecular complexity index is 244. The maximum atomic E-state index is 3.63. The molecular weight excluding hydrogens is 192 g/mol. The smallest absolute Gasteiger partial charge is 0.0198 e. The highest BCUT2D eigenvalue weighted by Gasteiger charge is 2.49. The summed E-state index contributed by atoms with van der Waals surface area (Å²) in [7, 11) is 0. The van der Waals surface area contributed by atoms with E-state index in [1.165, 1.54) is 38.2 Å². The summed E-state index contributed by atoms with van der Waals surface area (Å²) in [6.07, 6.45) is 2.96. The van der Waals surface area contributed by atoms with Crippen molar-refractivity contribution in [2.45, 2.75) is 30.2 Å². The molecule has 5 aliphatic rings. The zero-order valence-electron chi connectivity index (χ0n) is 8.48. The minimum atomic E-state index is 0.895. The van der Waals surface area contributed by atoms with Gasteiger partial charge in [0, 0.05) is 36.2 Å². The van der Waals surface area contributed by atoms with Crippen LogP contribution in [0.25, 0.3) is 0 Å². The fourth-order valence-corrected chi connectivity index (χ4v) is 5.33. The highest BCUT2D eigenvalue weighted by atomic mass is 32.2. The van der Waals surface area contributed by atoms with Gasteiger partial charge in [-0.05, 0) is 31.2 Å². The summed E-state index contributed by atoms with van der Waals surface area (Å²) in [5.74, 6) is 3.46. The Kier molecular flexibility index (Phi) is 1.74. The highest BCUT2D eigenvalue weighted by Crippen LogP contribution is 2.44. The topological polar surface area (TPSA) is 15.3 Å². The summed E-state index contributed by atoms with van der Waals surface area (Å²) in [5, 5.41) is 4.62. The van der Waals surface area contributed by atoms with Crippen LogP contribution >= 0.6 is 11.8 Å². The summed E-state index contributed by atoms with van der Waals surface area (Å²) < 4.78 is 0. The number of hydrogen-bond donors (Lipinski definition) is 1. The average Bonchev–Trinajstić information content (AvgIpc) is 2.90. The van der Waals surface area contributed by atoms with Crippen LogP contribution in [0.15, 0.2) is 0 Å². The molecule has 3 heteroatoms. The maximum Gasteiger partial charge on any atom is 0.0198 e. The number of likely N-dealkylation sites (tertiary alicyclic amines) is 1. The molecule has 4 bridgehead atoms. The molecular formula is C11H18N2S. The molecule has 78 valence electrons.